The van der Waals surface area contributed by atoms with Crippen LogP contribution in [0.25, 0.3) is 0 Å². The van der Waals surface area contributed by atoms with Crippen LogP contribution in [0.1, 0.15) is 32.3 Å². The van der Waals surface area contributed by atoms with Crippen LogP contribution in [-0.4, -0.2) is 23.0 Å². The molecule has 0 radical (unpaired) electrons. The van der Waals surface area contributed by atoms with E-state index in [0.29, 0.717) is 18.5 Å². The number of carboxylic acid groups (broad SMARTS) is 1. The quantitative estimate of drug-likeness (QED) is 0.663. The Bertz CT molecular complexity index is 472. The molecule has 1 amide bonds. The summed E-state index contributed by atoms with van der Waals surface area (Å²) in [5, 5.41) is 11.6. The lowest BCUT2D eigenvalue weighted by atomic mass is 10.0. The Kier molecular flexibility index (Phi) is 6.03. The van der Waals surface area contributed by atoms with Gasteiger partial charge in [-0.05, 0) is 30.4 Å². The first kappa shape index (κ1) is 16.0. The monoisotopic (exact) mass is 278 g/mol. The second kappa shape index (κ2) is 7.53. The summed E-state index contributed by atoms with van der Waals surface area (Å²) in [7, 11) is 0. The molecule has 0 spiro atoms. The van der Waals surface area contributed by atoms with Crippen molar-refractivity contribution in [1.29, 1.82) is 0 Å². The van der Waals surface area contributed by atoms with Crippen molar-refractivity contribution in [3.8, 4) is 0 Å². The number of rotatable bonds is 7. The van der Waals surface area contributed by atoms with Crippen molar-refractivity contribution in [2.75, 3.05) is 5.73 Å². The molecule has 20 heavy (non-hydrogen) atoms. The summed E-state index contributed by atoms with van der Waals surface area (Å²) in [6, 6.07) is 6.53. The highest BCUT2D eigenvalue weighted by atomic mass is 16.4. The maximum atomic E-state index is 11.8. The van der Waals surface area contributed by atoms with Gasteiger partial charge in [-0.3, -0.25) is 4.79 Å². The van der Waals surface area contributed by atoms with Gasteiger partial charge in [0.15, 0.2) is 0 Å². The Hall–Kier alpha value is -2.04. The zero-order valence-electron chi connectivity index (χ0n) is 11.9. The predicted molar refractivity (Wildman–Crippen MR) is 78.2 cm³/mol. The number of nitrogens with one attached hydrogen (secondary N) is 1. The number of para-hydroxylation sites is 1. The van der Waals surface area contributed by atoms with E-state index in [1.54, 1.807) is 6.07 Å². The minimum absolute atomic E-state index is 0.209. The molecule has 1 aromatic carbocycles. The van der Waals surface area contributed by atoms with E-state index in [-0.39, 0.29) is 18.2 Å². The zero-order chi connectivity index (χ0) is 15.1. The first-order valence-corrected chi connectivity index (χ1v) is 6.75. The van der Waals surface area contributed by atoms with E-state index in [4.69, 9.17) is 10.8 Å². The molecule has 5 nitrogen and oxygen atoms in total. The number of hydrogen-bond donors (Lipinski definition) is 3. The SMILES string of the molecule is CC(C)CC(NC(=O)CCc1ccccc1N)C(=O)O. The van der Waals surface area contributed by atoms with Crippen molar-refractivity contribution in [2.24, 2.45) is 5.92 Å². The highest BCUT2D eigenvalue weighted by Gasteiger charge is 2.20. The summed E-state index contributed by atoms with van der Waals surface area (Å²) >= 11 is 0. The van der Waals surface area contributed by atoms with Crippen LogP contribution in [-0.2, 0) is 16.0 Å². The van der Waals surface area contributed by atoms with Crippen molar-refractivity contribution in [3.05, 3.63) is 29.8 Å². The number of hydrogen-bond acceptors (Lipinski definition) is 3. The molecule has 1 atom stereocenters. The second-order valence-corrected chi connectivity index (χ2v) is 5.29. The number of carbonyl (C=O) groups excluding carboxylic acids is 1. The lowest BCUT2D eigenvalue weighted by molar-refractivity contribution is -0.142. The molecule has 0 fully saturated rings. The van der Waals surface area contributed by atoms with Crippen molar-refractivity contribution in [3.63, 3.8) is 0 Å². The van der Waals surface area contributed by atoms with Gasteiger partial charge in [0.2, 0.25) is 5.91 Å². The van der Waals surface area contributed by atoms with Crippen molar-refractivity contribution < 1.29 is 14.7 Å². The standard InChI is InChI=1S/C15H22N2O3/c1-10(2)9-13(15(19)20)17-14(18)8-7-11-5-3-4-6-12(11)16/h3-6,10,13H,7-9,16H2,1-2H3,(H,17,18)(H,19,20). The van der Waals surface area contributed by atoms with Gasteiger partial charge >= 0.3 is 5.97 Å². The lowest BCUT2D eigenvalue weighted by Gasteiger charge is -2.16. The first-order valence-electron chi connectivity index (χ1n) is 6.75. The summed E-state index contributed by atoms with van der Waals surface area (Å²) in [5.41, 5.74) is 7.35. The fourth-order valence-electron chi connectivity index (χ4n) is 1.97. The van der Waals surface area contributed by atoms with Crippen molar-refractivity contribution in [2.45, 2.75) is 39.2 Å². The van der Waals surface area contributed by atoms with Gasteiger partial charge in [-0.2, -0.15) is 0 Å². The van der Waals surface area contributed by atoms with Crippen molar-refractivity contribution >= 4 is 17.6 Å². The molecule has 4 N–H and O–H groups in total. The molecule has 0 aliphatic heterocycles. The molecule has 0 saturated heterocycles. The number of nitrogen functional groups attached to an aromatic ring is 1. The van der Waals surface area contributed by atoms with Gasteiger partial charge in [0.1, 0.15) is 6.04 Å². The molecule has 1 rings (SSSR count). The predicted octanol–water partition coefficient (Wildman–Crippen LogP) is 1.82. The number of aryl methyl sites for hydroxylation is 1. The third kappa shape index (κ3) is 5.30. The fraction of sp³-hybridized carbons (Fsp3) is 0.467. The highest BCUT2D eigenvalue weighted by Crippen LogP contribution is 2.13. The van der Waals surface area contributed by atoms with E-state index in [9.17, 15) is 9.59 Å². The Labute approximate surface area is 119 Å². The molecule has 110 valence electrons. The van der Waals surface area contributed by atoms with Gasteiger partial charge in [-0.15, -0.1) is 0 Å². The van der Waals surface area contributed by atoms with E-state index in [0.717, 1.165) is 5.56 Å². The Morgan fingerprint density at radius 3 is 2.50 bits per heavy atom. The van der Waals surface area contributed by atoms with E-state index < -0.39 is 12.0 Å². The Morgan fingerprint density at radius 1 is 1.30 bits per heavy atom. The molecule has 0 saturated carbocycles. The van der Waals surface area contributed by atoms with Crippen molar-refractivity contribution in [1.82, 2.24) is 5.32 Å². The van der Waals surface area contributed by atoms with Gasteiger partial charge in [0, 0.05) is 12.1 Å². The summed E-state index contributed by atoms with van der Waals surface area (Å²) in [4.78, 5) is 22.9. The van der Waals surface area contributed by atoms with E-state index in [1.807, 2.05) is 32.0 Å². The molecular formula is C15H22N2O3. The number of carboxylic acids is 1. The summed E-state index contributed by atoms with van der Waals surface area (Å²) < 4.78 is 0. The molecule has 0 aliphatic rings. The summed E-state index contributed by atoms with van der Waals surface area (Å²) in [5.74, 6) is -1.05. The van der Waals surface area contributed by atoms with Crippen LogP contribution in [0.3, 0.4) is 0 Å². The first-order chi connectivity index (χ1) is 9.40. The fourth-order valence-corrected chi connectivity index (χ4v) is 1.97. The number of amides is 1. The summed E-state index contributed by atoms with van der Waals surface area (Å²) in [6.07, 6.45) is 1.16. The van der Waals surface area contributed by atoms with Gasteiger partial charge in [0.25, 0.3) is 0 Å². The minimum atomic E-state index is -0.994. The number of aliphatic carboxylic acids is 1. The second-order valence-electron chi connectivity index (χ2n) is 5.29. The topological polar surface area (TPSA) is 92.4 Å². The smallest absolute Gasteiger partial charge is 0.326 e. The zero-order valence-corrected chi connectivity index (χ0v) is 11.9. The normalized spacial score (nSPS) is 12.2. The lowest BCUT2D eigenvalue weighted by Crippen LogP contribution is -2.41. The largest absolute Gasteiger partial charge is 0.480 e. The molecular weight excluding hydrogens is 256 g/mol. The molecule has 0 aliphatic carbocycles. The van der Waals surface area contributed by atoms with E-state index >= 15 is 0 Å². The maximum Gasteiger partial charge on any atom is 0.326 e. The highest BCUT2D eigenvalue weighted by molar-refractivity contribution is 5.83. The molecule has 1 aromatic rings. The van der Waals surface area contributed by atoms with Crippen LogP contribution in [0, 0.1) is 5.92 Å². The molecule has 0 heterocycles. The van der Waals surface area contributed by atoms with E-state index in [2.05, 4.69) is 5.32 Å². The maximum absolute atomic E-state index is 11.8. The van der Waals surface area contributed by atoms with Crippen LogP contribution in [0.15, 0.2) is 24.3 Å². The van der Waals surface area contributed by atoms with Crippen LogP contribution < -0.4 is 11.1 Å². The van der Waals surface area contributed by atoms with Gasteiger partial charge < -0.3 is 16.2 Å². The Balaban J connectivity index is 2.50. The van der Waals surface area contributed by atoms with Gasteiger partial charge in [0.05, 0.1) is 0 Å². The average molecular weight is 278 g/mol. The van der Waals surface area contributed by atoms with Crippen LogP contribution >= 0.6 is 0 Å². The molecule has 5 heteroatoms. The number of anilines is 1. The molecule has 0 bridgehead atoms. The average Bonchev–Trinajstić information content (AvgIpc) is 2.36. The Morgan fingerprint density at radius 2 is 1.95 bits per heavy atom. The minimum Gasteiger partial charge on any atom is -0.480 e. The van der Waals surface area contributed by atoms with Gasteiger partial charge in [-0.25, -0.2) is 4.79 Å². The number of nitrogens with two attached hydrogens (primary N) is 1. The van der Waals surface area contributed by atoms with Gasteiger partial charge in [-0.1, -0.05) is 32.0 Å². The third-order valence-corrected chi connectivity index (χ3v) is 3.02. The number of carbonyl (C=O) groups is 2. The van der Waals surface area contributed by atoms with Crippen LogP contribution in [0.4, 0.5) is 5.69 Å². The van der Waals surface area contributed by atoms with Crippen LogP contribution in [0.5, 0.6) is 0 Å². The molecule has 1 unspecified atom stereocenters. The number of benzene rings is 1. The molecule has 0 aromatic heterocycles. The van der Waals surface area contributed by atoms with E-state index in [1.165, 1.54) is 0 Å². The third-order valence-electron chi connectivity index (χ3n) is 3.02. The summed E-state index contributed by atoms with van der Waals surface area (Å²) in [6.45, 7) is 3.85. The van der Waals surface area contributed by atoms with Crippen LogP contribution in [0.2, 0.25) is 0 Å².